The second-order valence-corrected chi connectivity index (χ2v) is 8.44. The van der Waals surface area contributed by atoms with Gasteiger partial charge in [0.05, 0.1) is 41.1 Å². The molecule has 0 aromatic carbocycles. The number of nitriles is 1. The Bertz CT molecular complexity index is 1400. The number of fused-ring (bicyclic) bond motifs is 1. The molecule has 4 aromatic heterocycles. The van der Waals surface area contributed by atoms with E-state index in [1.807, 2.05) is 19.3 Å². The second kappa shape index (κ2) is 8.47. The minimum atomic E-state index is -0.569. The van der Waals surface area contributed by atoms with Crippen LogP contribution in [0.5, 0.6) is 0 Å². The Labute approximate surface area is 195 Å². The van der Waals surface area contributed by atoms with Gasteiger partial charge in [-0.2, -0.15) is 15.5 Å². The van der Waals surface area contributed by atoms with Crippen molar-refractivity contribution in [2.24, 2.45) is 18.7 Å². The Morgan fingerprint density at radius 2 is 2.09 bits per heavy atom. The van der Waals surface area contributed by atoms with Crippen molar-refractivity contribution in [3.8, 4) is 17.3 Å². The summed E-state index contributed by atoms with van der Waals surface area (Å²) in [5.41, 5.74) is 9.16. The highest BCUT2D eigenvalue weighted by Crippen LogP contribution is 2.31. The smallest absolute Gasteiger partial charge is 0.252 e. The van der Waals surface area contributed by atoms with Crippen molar-refractivity contribution < 1.29 is 4.79 Å². The molecule has 0 saturated carbocycles. The number of hydrogen-bond acceptors (Lipinski definition) is 8. The monoisotopic (exact) mass is 456 g/mol. The number of carbonyl (C=O) groups is 1. The summed E-state index contributed by atoms with van der Waals surface area (Å²) in [5, 5.41) is 21.2. The molecule has 1 saturated heterocycles. The summed E-state index contributed by atoms with van der Waals surface area (Å²) in [5.74, 6) is 0.552. The first kappa shape index (κ1) is 21.4. The van der Waals surface area contributed by atoms with Gasteiger partial charge in [-0.15, -0.1) is 0 Å². The lowest BCUT2D eigenvalue weighted by Crippen LogP contribution is -2.30. The Kier molecular flexibility index (Phi) is 5.33. The third-order valence-corrected chi connectivity index (χ3v) is 6.25. The molecule has 1 fully saturated rings. The second-order valence-electron chi connectivity index (χ2n) is 8.44. The van der Waals surface area contributed by atoms with Crippen LogP contribution < -0.4 is 16.0 Å². The summed E-state index contributed by atoms with van der Waals surface area (Å²) < 4.78 is 3.35. The van der Waals surface area contributed by atoms with E-state index < -0.39 is 5.91 Å². The maximum absolute atomic E-state index is 12.3. The number of amides is 1. The van der Waals surface area contributed by atoms with Crippen molar-refractivity contribution >= 4 is 23.1 Å². The molecule has 1 amide bonds. The van der Waals surface area contributed by atoms with Crippen molar-refractivity contribution in [2.45, 2.75) is 19.4 Å². The van der Waals surface area contributed by atoms with E-state index in [0.717, 1.165) is 24.3 Å². The third kappa shape index (κ3) is 3.79. The molecule has 4 aromatic rings. The fourth-order valence-corrected chi connectivity index (χ4v) is 4.42. The van der Waals surface area contributed by atoms with E-state index in [4.69, 9.17) is 16.0 Å². The highest BCUT2D eigenvalue weighted by atomic mass is 16.1. The standard InChI is InChI=1S/C23H24N10O/c1-3-15-11-32(20-5-4-14(6-24)7-26-20)12-18(15)29-21-17(22(25)34)9-28-33-13-19(30-23(21)33)16-8-27-31(2)10-16/h4-5,7-10,13,15,18,29H,3,11-12H2,1-2H3,(H2,25,34)/t15-,18-/m1/s1. The molecule has 172 valence electrons. The van der Waals surface area contributed by atoms with Crippen LogP contribution in [0.4, 0.5) is 11.5 Å². The summed E-state index contributed by atoms with van der Waals surface area (Å²) >= 11 is 0. The molecule has 1 aliphatic rings. The zero-order valence-electron chi connectivity index (χ0n) is 18.9. The van der Waals surface area contributed by atoms with E-state index >= 15 is 0 Å². The molecule has 11 heteroatoms. The number of nitrogens with zero attached hydrogens (tertiary/aromatic N) is 8. The number of nitrogens with two attached hydrogens (primary N) is 1. The third-order valence-electron chi connectivity index (χ3n) is 6.25. The molecule has 0 aliphatic carbocycles. The molecule has 0 bridgehead atoms. The largest absolute Gasteiger partial charge is 0.376 e. The Balaban J connectivity index is 1.49. The van der Waals surface area contributed by atoms with Crippen LogP contribution in [0.15, 0.2) is 43.1 Å². The Hall–Kier alpha value is -4.46. The van der Waals surface area contributed by atoms with E-state index in [1.54, 1.807) is 33.9 Å². The summed E-state index contributed by atoms with van der Waals surface area (Å²) in [7, 11) is 1.84. The van der Waals surface area contributed by atoms with Gasteiger partial charge < -0.3 is 16.0 Å². The number of pyridine rings is 1. The number of hydrogen-bond donors (Lipinski definition) is 2. The van der Waals surface area contributed by atoms with Crippen molar-refractivity contribution in [1.29, 1.82) is 5.26 Å². The van der Waals surface area contributed by atoms with Gasteiger partial charge in [-0.25, -0.2) is 14.5 Å². The quantitative estimate of drug-likeness (QED) is 0.447. The first-order chi connectivity index (χ1) is 16.5. The first-order valence-corrected chi connectivity index (χ1v) is 11.0. The van der Waals surface area contributed by atoms with E-state index in [0.29, 0.717) is 40.6 Å². The van der Waals surface area contributed by atoms with Gasteiger partial charge in [0.25, 0.3) is 5.91 Å². The highest BCUT2D eigenvalue weighted by Gasteiger charge is 2.33. The number of aryl methyl sites for hydroxylation is 1. The van der Waals surface area contributed by atoms with Crippen LogP contribution in [0, 0.1) is 17.2 Å². The summed E-state index contributed by atoms with van der Waals surface area (Å²) in [6.45, 7) is 3.62. The molecule has 3 N–H and O–H groups in total. The summed E-state index contributed by atoms with van der Waals surface area (Å²) in [4.78, 5) is 23.6. The number of anilines is 2. The molecule has 11 nitrogen and oxygen atoms in total. The average Bonchev–Trinajstić information content (AvgIpc) is 3.57. The van der Waals surface area contributed by atoms with Gasteiger partial charge in [0.15, 0.2) is 5.65 Å². The van der Waals surface area contributed by atoms with Gasteiger partial charge in [0, 0.05) is 44.1 Å². The van der Waals surface area contributed by atoms with E-state index in [1.165, 1.54) is 6.20 Å². The zero-order chi connectivity index (χ0) is 23.8. The normalized spacial score (nSPS) is 17.7. The number of primary amides is 1. The highest BCUT2D eigenvalue weighted by molar-refractivity contribution is 6.01. The van der Waals surface area contributed by atoms with Crippen molar-refractivity contribution in [2.75, 3.05) is 23.3 Å². The number of nitrogens with one attached hydrogen (secondary N) is 1. The molecule has 2 atom stereocenters. The molecule has 34 heavy (non-hydrogen) atoms. The Morgan fingerprint density at radius 1 is 1.24 bits per heavy atom. The van der Waals surface area contributed by atoms with E-state index in [9.17, 15) is 4.79 Å². The molecule has 5 rings (SSSR count). The minimum absolute atomic E-state index is 0.0327. The van der Waals surface area contributed by atoms with Crippen LogP contribution in [0.1, 0.15) is 29.3 Å². The van der Waals surface area contributed by atoms with Gasteiger partial charge in [0.1, 0.15) is 11.9 Å². The first-order valence-electron chi connectivity index (χ1n) is 11.0. The topological polar surface area (TPSA) is 143 Å². The average molecular weight is 457 g/mol. The molecular formula is C23H24N10O. The minimum Gasteiger partial charge on any atom is -0.376 e. The van der Waals surface area contributed by atoms with Crippen LogP contribution in [-0.2, 0) is 7.05 Å². The van der Waals surface area contributed by atoms with Crippen LogP contribution in [0.2, 0.25) is 0 Å². The number of aromatic nitrogens is 6. The predicted molar refractivity (Wildman–Crippen MR) is 126 cm³/mol. The fraction of sp³-hybridized carbons (Fsp3) is 0.304. The Morgan fingerprint density at radius 3 is 2.74 bits per heavy atom. The molecule has 0 spiro atoms. The molecule has 1 aliphatic heterocycles. The lowest BCUT2D eigenvalue weighted by molar-refractivity contribution is 0.100. The van der Waals surface area contributed by atoms with Gasteiger partial charge in [-0.05, 0) is 24.5 Å². The van der Waals surface area contributed by atoms with E-state index in [2.05, 4.69) is 38.4 Å². The molecule has 0 unspecified atom stereocenters. The zero-order valence-corrected chi connectivity index (χ0v) is 18.9. The summed E-state index contributed by atoms with van der Waals surface area (Å²) in [6, 6.07) is 5.76. The predicted octanol–water partition coefficient (Wildman–Crippen LogP) is 1.82. The molecular weight excluding hydrogens is 432 g/mol. The fourth-order valence-electron chi connectivity index (χ4n) is 4.42. The number of imidazole rings is 1. The summed E-state index contributed by atoms with van der Waals surface area (Å²) in [6.07, 6.45) is 9.41. The van der Waals surface area contributed by atoms with Crippen LogP contribution in [0.25, 0.3) is 16.9 Å². The lowest BCUT2D eigenvalue weighted by Gasteiger charge is -2.21. The maximum Gasteiger partial charge on any atom is 0.252 e. The molecule has 5 heterocycles. The van der Waals surface area contributed by atoms with Crippen molar-refractivity contribution in [3.63, 3.8) is 0 Å². The van der Waals surface area contributed by atoms with Gasteiger partial charge >= 0.3 is 0 Å². The van der Waals surface area contributed by atoms with Gasteiger partial charge in [0.2, 0.25) is 0 Å². The van der Waals surface area contributed by atoms with Gasteiger partial charge in [-0.1, -0.05) is 6.92 Å². The van der Waals surface area contributed by atoms with Gasteiger partial charge in [-0.3, -0.25) is 9.48 Å². The van der Waals surface area contributed by atoms with Crippen LogP contribution in [-0.4, -0.2) is 54.4 Å². The number of rotatable bonds is 6. The lowest BCUT2D eigenvalue weighted by atomic mass is 10.0. The molecule has 0 radical (unpaired) electrons. The van der Waals surface area contributed by atoms with Crippen molar-refractivity contribution in [3.05, 3.63) is 54.2 Å². The van der Waals surface area contributed by atoms with Crippen molar-refractivity contribution in [1.82, 2.24) is 29.4 Å². The number of carbonyl (C=O) groups excluding carboxylic acids is 1. The SMILES string of the molecule is CC[C@@H]1CN(c2ccc(C#N)cn2)C[C@H]1Nc1c(C(N)=O)cnn2cc(-c3cnn(C)c3)nc12. The van der Waals surface area contributed by atoms with Crippen LogP contribution >= 0.6 is 0 Å². The van der Waals surface area contributed by atoms with E-state index in [-0.39, 0.29) is 6.04 Å². The van der Waals surface area contributed by atoms with Crippen LogP contribution in [0.3, 0.4) is 0 Å². The maximum atomic E-state index is 12.3.